The summed E-state index contributed by atoms with van der Waals surface area (Å²) in [6.07, 6.45) is 0. The molecule has 1 N–H and O–H groups in total. The number of aromatic nitrogens is 2. The van der Waals surface area contributed by atoms with Crippen molar-refractivity contribution in [2.75, 3.05) is 25.0 Å². The number of rotatable bonds is 10. The Morgan fingerprint density at radius 1 is 1.00 bits per heavy atom. The second kappa shape index (κ2) is 9.73. The van der Waals surface area contributed by atoms with E-state index in [1.807, 2.05) is 45.0 Å². The van der Waals surface area contributed by atoms with Crippen LogP contribution in [-0.4, -0.2) is 42.6 Å². The second-order valence-corrected chi connectivity index (χ2v) is 8.37. The third kappa shape index (κ3) is 4.98. The molecule has 160 valence electrons. The van der Waals surface area contributed by atoms with E-state index in [1.54, 1.807) is 24.3 Å². The topological polar surface area (TPSA) is 97.6 Å². The van der Waals surface area contributed by atoms with Crippen LogP contribution in [0.15, 0.2) is 57.9 Å². The van der Waals surface area contributed by atoms with Crippen LogP contribution in [0.5, 0.6) is 5.75 Å². The molecule has 0 atom stereocenters. The van der Waals surface area contributed by atoms with Crippen LogP contribution in [0.4, 0.5) is 5.69 Å². The van der Waals surface area contributed by atoms with Gasteiger partial charge in [-0.1, -0.05) is 19.0 Å². The Hall–Kier alpha value is -2.91. The van der Waals surface area contributed by atoms with Crippen LogP contribution in [0.25, 0.3) is 11.4 Å². The summed E-state index contributed by atoms with van der Waals surface area (Å²) >= 11 is 0. The smallest absolute Gasteiger partial charge is 0.246 e. The first-order valence-electron chi connectivity index (χ1n) is 9.87. The summed E-state index contributed by atoms with van der Waals surface area (Å²) in [6, 6.07) is 14.1. The molecule has 1 aromatic heterocycles. The van der Waals surface area contributed by atoms with E-state index >= 15 is 0 Å². The van der Waals surface area contributed by atoms with Crippen molar-refractivity contribution in [3.8, 4) is 17.1 Å². The second-order valence-electron chi connectivity index (χ2n) is 6.44. The third-order valence-corrected chi connectivity index (χ3v) is 6.60. The van der Waals surface area contributed by atoms with Gasteiger partial charge in [0, 0.05) is 24.3 Å². The van der Waals surface area contributed by atoms with Crippen LogP contribution in [-0.2, 0) is 16.6 Å². The summed E-state index contributed by atoms with van der Waals surface area (Å²) in [4.78, 5) is 4.66. The fourth-order valence-electron chi connectivity index (χ4n) is 2.95. The minimum Gasteiger partial charge on any atom is -0.494 e. The molecule has 0 radical (unpaired) electrons. The van der Waals surface area contributed by atoms with Crippen molar-refractivity contribution in [1.82, 2.24) is 14.4 Å². The molecule has 0 amide bonds. The first-order valence-corrected chi connectivity index (χ1v) is 11.3. The van der Waals surface area contributed by atoms with E-state index in [9.17, 15) is 8.42 Å². The fraction of sp³-hybridized carbons (Fsp3) is 0.333. The molecule has 0 fully saturated rings. The van der Waals surface area contributed by atoms with Gasteiger partial charge >= 0.3 is 0 Å². The van der Waals surface area contributed by atoms with Gasteiger partial charge in [-0.25, -0.2) is 8.42 Å². The lowest BCUT2D eigenvalue weighted by Crippen LogP contribution is -2.30. The lowest BCUT2D eigenvalue weighted by atomic mass is 10.2. The number of benzene rings is 2. The molecule has 0 saturated heterocycles. The third-order valence-electron chi connectivity index (χ3n) is 4.53. The van der Waals surface area contributed by atoms with Gasteiger partial charge in [-0.3, -0.25) is 0 Å². The molecule has 0 saturated carbocycles. The Kier molecular flexibility index (Phi) is 7.07. The van der Waals surface area contributed by atoms with Crippen LogP contribution in [0.1, 0.15) is 26.7 Å². The standard InChI is InChI=1S/C21H26N4O4S/c1-4-25(5-2)30(26,27)19-13-9-17(10-14-19)22-15-20-23-21(24-29-20)16-7-11-18(12-8-16)28-6-3/h7-14,22H,4-6,15H2,1-3H3. The van der Waals surface area contributed by atoms with Gasteiger partial charge in [-0.05, 0) is 55.5 Å². The summed E-state index contributed by atoms with van der Waals surface area (Å²) in [5, 5.41) is 7.17. The number of nitrogens with zero attached hydrogens (tertiary/aromatic N) is 3. The highest BCUT2D eigenvalue weighted by Crippen LogP contribution is 2.21. The molecule has 2 aromatic carbocycles. The maximum absolute atomic E-state index is 12.5. The Morgan fingerprint density at radius 2 is 1.67 bits per heavy atom. The van der Waals surface area contributed by atoms with Crippen LogP contribution in [0.2, 0.25) is 0 Å². The summed E-state index contributed by atoms with van der Waals surface area (Å²) in [5.74, 6) is 1.72. The highest BCUT2D eigenvalue weighted by molar-refractivity contribution is 7.89. The van der Waals surface area contributed by atoms with E-state index in [1.165, 1.54) is 4.31 Å². The Balaban J connectivity index is 1.62. The van der Waals surface area contributed by atoms with Crippen molar-refractivity contribution < 1.29 is 17.7 Å². The van der Waals surface area contributed by atoms with E-state index in [0.29, 0.717) is 38.0 Å². The summed E-state index contributed by atoms with van der Waals surface area (Å²) in [6.45, 7) is 7.39. The first-order chi connectivity index (χ1) is 14.5. The highest BCUT2D eigenvalue weighted by atomic mass is 32.2. The lowest BCUT2D eigenvalue weighted by molar-refractivity contribution is 0.340. The maximum atomic E-state index is 12.5. The zero-order chi connectivity index (χ0) is 21.6. The van der Waals surface area contributed by atoms with Gasteiger partial charge in [0.25, 0.3) is 0 Å². The van der Waals surface area contributed by atoms with Gasteiger partial charge < -0.3 is 14.6 Å². The summed E-state index contributed by atoms with van der Waals surface area (Å²) < 4.78 is 37.2. The molecule has 1 heterocycles. The van der Waals surface area contributed by atoms with Crippen LogP contribution >= 0.6 is 0 Å². The quantitative estimate of drug-likeness (QED) is 0.523. The summed E-state index contributed by atoms with van der Waals surface area (Å²) in [5.41, 5.74) is 1.59. The zero-order valence-corrected chi connectivity index (χ0v) is 18.1. The van der Waals surface area contributed by atoms with Gasteiger partial charge in [-0.2, -0.15) is 9.29 Å². The molecule has 0 aliphatic carbocycles. The number of hydrogen-bond acceptors (Lipinski definition) is 7. The fourth-order valence-corrected chi connectivity index (χ4v) is 4.40. The minimum absolute atomic E-state index is 0.271. The summed E-state index contributed by atoms with van der Waals surface area (Å²) in [7, 11) is -3.46. The molecule has 0 aliphatic rings. The molecule has 9 heteroatoms. The van der Waals surface area contributed by atoms with Gasteiger partial charge in [0.1, 0.15) is 5.75 Å². The van der Waals surface area contributed by atoms with E-state index in [0.717, 1.165) is 17.0 Å². The first kappa shape index (κ1) is 21.8. The molecule has 8 nitrogen and oxygen atoms in total. The van der Waals surface area contributed by atoms with E-state index in [-0.39, 0.29) is 4.90 Å². The van der Waals surface area contributed by atoms with E-state index in [2.05, 4.69) is 15.5 Å². The van der Waals surface area contributed by atoms with Gasteiger partial charge in [0.2, 0.25) is 21.7 Å². The number of anilines is 1. The lowest BCUT2D eigenvalue weighted by Gasteiger charge is -2.18. The number of hydrogen-bond donors (Lipinski definition) is 1. The average molecular weight is 431 g/mol. The van der Waals surface area contributed by atoms with E-state index < -0.39 is 10.0 Å². The van der Waals surface area contributed by atoms with Crippen LogP contribution in [0.3, 0.4) is 0 Å². The molecular formula is C21H26N4O4S. The van der Waals surface area contributed by atoms with Crippen molar-refractivity contribution in [2.45, 2.75) is 32.2 Å². The monoisotopic (exact) mass is 430 g/mol. The molecule has 0 spiro atoms. The highest BCUT2D eigenvalue weighted by Gasteiger charge is 2.21. The maximum Gasteiger partial charge on any atom is 0.246 e. The average Bonchev–Trinajstić information content (AvgIpc) is 3.23. The van der Waals surface area contributed by atoms with Crippen molar-refractivity contribution in [1.29, 1.82) is 0 Å². The normalized spacial score (nSPS) is 11.6. The minimum atomic E-state index is -3.46. The van der Waals surface area contributed by atoms with Gasteiger partial charge in [0.05, 0.1) is 18.0 Å². The van der Waals surface area contributed by atoms with Crippen molar-refractivity contribution in [3.63, 3.8) is 0 Å². The molecule has 0 unspecified atom stereocenters. The van der Waals surface area contributed by atoms with Gasteiger partial charge in [0.15, 0.2) is 0 Å². The largest absolute Gasteiger partial charge is 0.494 e. The zero-order valence-electron chi connectivity index (χ0n) is 17.3. The van der Waals surface area contributed by atoms with E-state index in [4.69, 9.17) is 9.26 Å². The molecule has 0 bridgehead atoms. The van der Waals surface area contributed by atoms with Crippen molar-refractivity contribution in [2.24, 2.45) is 0 Å². The Bertz CT molecular complexity index is 1040. The molecule has 0 aliphatic heterocycles. The molecule has 3 aromatic rings. The van der Waals surface area contributed by atoms with Crippen LogP contribution < -0.4 is 10.1 Å². The molecule has 30 heavy (non-hydrogen) atoms. The Labute approximate surface area is 176 Å². The Morgan fingerprint density at radius 3 is 2.27 bits per heavy atom. The molecule has 3 rings (SSSR count). The predicted molar refractivity (Wildman–Crippen MR) is 115 cm³/mol. The SMILES string of the molecule is CCOc1ccc(-c2noc(CNc3ccc(S(=O)(=O)N(CC)CC)cc3)n2)cc1. The van der Waals surface area contributed by atoms with Crippen LogP contribution in [0, 0.1) is 0 Å². The predicted octanol–water partition coefficient (Wildman–Crippen LogP) is 3.78. The van der Waals surface area contributed by atoms with Crippen molar-refractivity contribution in [3.05, 3.63) is 54.4 Å². The van der Waals surface area contributed by atoms with Gasteiger partial charge in [-0.15, -0.1) is 0 Å². The molecular weight excluding hydrogens is 404 g/mol. The number of sulfonamides is 1. The van der Waals surface area contributed by atoms with Crippen molar-refractivity contribution >= 4 is 15.7 Å². The number of nitrogens with one attached hydrogen (secondary N) is 1. The number of ether oxygens (including phenoxy) is 1.